The van der Waals surface area contributed by atoms with Gasteiger partial charge in [0.25, 0.3) is 0 Å². The van der Waals surface area contributed by atoms with Crippen LogP contribution in [0.15, 0.2) is 77.2 Å². The second kappa shape index (κ2) is 6.33. The molecule has 144 valence electrons. The van der Waals surface area contributed by atoms with Crippen LogP contribution in [0.2, 0.25) is 0 Å². The maximum absolute atomic E-state index is 5.52. The Morgan fingerprint density at radius 1 is 1.07 bits per heavy atom. The van der Waals surface area contributed by atoms with Gasteiger partial charge in [-0.05, 0) is 49.8 Å². The van der Waals surface area contributed by atoms with Crippen LogP contribution in [0, 0.1) is 6.92 Å². The van der Waals surface area contributed by atoms with E-state index in [1.807, 2.05) is 6.07 Å². The zero-order valence-corrected chi connectivity index (χ0v) is 17.2. The van der Waals surface area contributed by atoms with Crippen molar-refractivity contribution < 1.29 is 4.42 Å². The highest BCUT2D eigenvalue weighted by Gasteiger charge is 2.37. The van der Waals surface area contributed by atoms with Crippen LogP contribution < -0.4 is 4.48 Å². The fourth-order valence-corrected chi connectivity index (χ4v) is 4.40. The van der Waals surface area contributed by atoms with Gasteiger partial charge in [0.1, 0.15) is 17.7 Å². The van der Waals surface area contributed by atoms with E-state index in [2.05, 4.69) is 86.5 Å². The number of allylic oxidation sites excluding steroid dienone is 2. The first-order valence-electron chi connectivity index (χ1n) is 9.85. The molecule has 5 rings (SSSR count). The van der Waals surface area contributed by atoms with Crippen LogP contribution in [-0.2, 0) is 0 Å². The molecule has 4 nitrogen and oxygen atoms in total. The van der Waals surface area contributed by atoms with Gasteiger partial charge in [0.2, 0.25) is 5.89 Å². The maximum Gasteiger partial charge on any atom is 0.225 e. The summed E-state index contributed by atoms with van der Waals surface area (Å²) in [5.41, 5.74) is 9.47. The van der Waals surface area contributed by atoms with E-state index in [1.165, 1.54) is 39.1 Å². The summed E-state index contributed by atoms with van der Waals surface area (Å²) >= 11 is 0. The van der Waals surface area contributed by atoms with Crippen LogP contribution in [0.1, 0.15) is 23.7 Å². The Kier molecular flexibility index (Phi) is 3.86. The molecule has 0 saturated heterocycles. The molecule has 4 aromatic rings. The third-order valence-corrected chi connectivity index (χ3v) is 5.84. The highest BCUT2D eigenvalue weighted by Crippen LogP contribution is 2.46. The zero-order valence-electron chi connectivity index (χ0n) is 17.2. The van der Waals surface area contributed by atoms with Gasteiger partial charge in [0, 0.05) is 17.2 Å². The summed E-state index contributed by atoms with van der Waals surface area (Å²) < 4.78 is 6.22. The summed E-state index contributed by atoms with van der Waals surface area (Å²) in [4.78, 5) is 8.00. The Morgan fingerprint density at radius 3 is 2.66 bits per heavy atom. The molecule has 0 amide bonds. The Bertz CT molecular complexity index is 1290. The fourth-order valence-electron chi connectivity index (χ4n) is 4.40. The summed E-state index contributed by atoms with van der Waals surface area (Å²) in [6.07, 6.45) is 7.78. The minimum atomic E-state index is 0.637. The van der Waals surface area contributed by atoms with Crippen LogP contribution in [0.5, 0.6) is 0 Å². The second-order valence-electron chi connectivity index (χ2n) is 8.04. The minimum absolute atomic E-state index is 0.637. The molecule has 0 fully saturated rings. The molecular weight excluding hydrogens is 358 g/mol. The van der Waals surface area contributed by atoms with Crippen molar-refractivity contribution in [2.75, 3.05) is 14.1 Å². The zero-order chi connectivity index (χ0) is 20.2. The predicted molar refractivity (Wildman–Crippen MR) is 119 cm³/mol. The number of benzene rings is 2. The first-order chi connectivity index (χ1) is 14.0. The molecule has 0 aliphatic carbocycles. The number of likely N-dealkylation sites (N-methyl/N-ethyl adjacent to an activating group) is 1. The molecule has 29 heavy (non-hydrogen) atoms. The van der Waals surface area contributed by atoms with Gasteiger partial charge in [-0.25, -0.2) is 4.98 Å². The van der Waals surface area contributed by atoms with Crippen molar-refractivity contribution in [2.45, 2.75) is 13.8 Å². The van der Waals surface area contributed by atoms with E-state index in [9.17, 15) is 0 Å². The van der Waals surface area contributed by atoms with E-state index in [0.29, 0.717) is 10.4 Å². The maximum atomic E-state index is 5.52. The summed E-state index contributed by atoms with van der Waals surface area (Å²) in [6, 6.07) is 15.0. The largest absolute Gasteiger partial charge is 0.445 e. The number of aryl methyl sites for hydroxylation is 1. The van der Waals surface area contributed by atoms with E-state index in [4.69, 9.17) is 4.42 Å². The molecule has 1 aliphatic rings. The molecule has 0 spiro atoms. The van der Waals surface area contributed by atoms with E-state index in [0.717, 1.165) is 11.1 Å². The molecule has 2 aromatic carbocycles. The number of hydrogen-bond donors (Lipinski definition) is 1. The van der Waals surface area contributed by atoms with E-state index in [-0.39, 0.29) is 0 Å². The van der Waals surface area contributed by atoms with Gasteiger partial charge < -0.3 is 9.40 Å². The van der Waals surface area contributed by atoms with Crippen molar-refractivity contribution in [3.05, 3.63) is 89.6 Å². The highest BCUT2D eigenvalue weighted by atomic mass is 16.3. The minimum Gasteiger partial charge on any atom is -0.445 e. The number of aromatic nitrogens is 2. The van der Waals surface area contributed by atoms with Gasteiger partial charge in [-0.3, -0.25) is 4.48 Å². The summed E-state index contributed by atoms with van der Waals surface area (Å²) in [5, 5.41) is 1.28. The van der Waals surface area contributed by atoms with Gasteiger partial charge in [-0.1, -0.05) is 23.8 Å². The number of nitrogens with zero attached hydrogens (tertiary/aromatic N) is 2. The Morgan fingerprint density at radius 2 is 1.90 bits per heavy atom. The fraction of sp³-hybridized carbons (Fsp3) is 0.160. The van der Waals surface area contributed by atoms with Crippen molar-refractivity contribution >= 4 is 22.2 Å². The molecule has 1 aliphatic heterocycles. The lowest BCUT2D eigenvalue weighted by molar-refractivity contribution is 0.507. The van der Waals surface area contributed by atoms with Crippen molar-refractivity contribution in [1.82, 2.24) is 14.5 Å². The van der Waals surface area contributed by atoms with Gasteiger partial charge in [0.15, 0.2) is 5.69 Å². The Hall–Kier alpha value is -3.37. The lowest BCUT2D eigenvalue weighted by Gasteiger charge is -2.34. The summed E-state index contributed by atoms with van der Waals surface area (Å²) in [6.45, 7) is 4.26. The normalized spacial score (nSPS) is 16.8. The number of aromatic amines is 1. The molecule has 0 unspecified atom stereocenters. The summed E-state index contributed by atoms with van der Waals surface area (Å²) in [7, 11) is 4.50. The topological polar surface area (TPSA) is 41.8 Å². The third kappa shape index (κ3) is 2.68. The van der Waals surface area contributed by atoms with Crippen LogP contribution in [0.4, 0.5) is 5.69 Å². The van der Waals surface area contributed by atoms with Crippen LogP contribution in [0.25, 0.3) is 27.9 Å². The molecular formula is C25H24N3O+. The van der Waals surface area contributed by atoms with Crippen molar-refractivity contribution in [3.8, 4) is 11.5 Å². The van der Waals surface area contributed by atoms with Gasteiger partial charge in [-0.2, -0.15) is 0 Å². The number of nitrogens with one attached hydrogen (secondary N) is 1. The van der Waals surface area contributed by atoms with E-state index < -0.39 is 0 Å². The average Bonchev–Trinajstić information content (AvgIpc) is 3.36. The molecule has 0 radical (unpaired) electrons. The highest BCUT2D eigenvalue weighted by molar-refractivity contribution is 6.03. The number of quaternary nitrogens is 1. The summed E-state index contributed by atoms with van der Waals surface area (Å²) in [5.74, 6) is 0.637. The lowest BCUT2D eigenvalue weighted by atomic mass is 9.93. The Labute approximate surface area is 170 Å². The van der Waals surface area contributed by atoms with Gasteiger partial charge in [-0.15, -0.1) is 0 Å². The predicted octanol–water partition coefficient (Wildman–Crippen LogP) is 6.05. The monoisotopic (exact) mass is 382 g/mol. The lowest BCUT2D eigenvalue weighted by Crippen LogP contribution is -2.41. The standard InChI is InChI=1S/C25H24N3O/c1-5-19-15-20(17-7-6-8-18(14-17)25-26-11-12-29-25)23-24(28(19,3)4)21-13-16(2)9-10-22(21)27-23/h5-15,27H,1-4H3/q+1. The molecule has 1 N–H and O–H groups in total. The number of oxazole rings is 1. The quantitative estimate of drug-likeness (QED) is 0.429. The van der Waals surface area contributed by atoms with Crippen LogP contribution in [-0.4, -0.2) is 24.1 Å². The van der Waals surface area contributed by atoms with Gasteiger partial charge >= 0.3 is 0 Å². The molecule has 2 aromatic heterocycles. The Balaban J connectivity index is 1.78. The number of H-pyrrole nitrogens is 1. The van der Waals surface area contributed by atoms with Crippen LogP contribution >= 0.6 is 0 Å². The van der Waals surface area contributed by atoms with E-state index >= 15 is 0 Å². The molecule has 0 bridgehead atoms. The molecule has 0 atom stereocenters. The first kappa shape index (κ1) is 17.7. The van der Waals surface area contributed by atoms with Crippen molar-refractivity contribution in [3.63, 3.8) is 0 Å². The van der Waals surface area contributed by atoms with Crippen molar-refractivity contribution in [1.29, 1.82) is 0 Å². The second-order valence-corrected chi connectivity index (χ2v) is 8.04. The third-order valence-electron chi connectivity index (χ3n) is 5.84. The number of hydrogen-bond acceptors (Lipinski definition) is 2. The van der Waals surface area contributed by atoms with Crippen LogP contribution in [0.3, 0.4) is 0 Å². The van der Waals surface area contributed by atoms with Gasteiger partial charge in [0.05, 0.1) is 31.2 Å². The smallest absolute Gasteiger partial charge is 0.225 e. The number of fused-ring (bicyclic) bond motifs is 3. The molecule has 4 heteroatoms. The first-order valence-corrected chi connectivity index (χ1v) is 9.85. The van der Waals surface area contributed by atoms with E-state index in [1.54, 1.807) is 12.5 Å². The SMILES string of the molecule is CC=C1C=C(c2cccc(-c3ncco3)c2)c2[nH]c3ccc(C)cc3c2[N+]1(C)C. The average molecular weight is 382 g/mol. The number of rotatable bonds is 2. The van der Waals surface area contributed by atoms with Crippen molar-refractivity contribution in [2.24, 2.45) is 0 Å². The molecule has 0 saturated carbocycles. The molecule has 3 heterocycles.